The predicted molar refractivity (Wildman–Crippen MR) is 101 cm³/mol. The number of hydrogen-bond donors (Lipinski definition) is 2. The number of esters is 1. The first kappa shape index (κ1) is 19.9. The van der Waals surface area contributed by atoms with Crippen LogP contribution in [0.2, 0.25) is 0 Å². The lowest BCUT2D eigenvalue weighted by molar-refractivity contribution is -0.144. The molecule has 2 amide bonds. The average molecular weight is 394 g/mol. The minimum atomic E-state index is -1.00. The van der Waals surface area contributed by atoms with Crippen molar-refractivity contribution >= 4 is 51.7 Å². The largest absolute Gasteiger partial charge is 0.465 e. The number of carbonyl (C=O) groups excluding carboxylic acids is 3. The molecule has 0 aliphatic carbocycles. The van der Waals surface area contributed by atoms with Crippen LogP contribution in [-0.2, 0) is 14.3 Å². The van der Waals surface area contributed by atoms with E-state index in [9.17, 15) is 14.4 Å². The van der Waals surface area contributed by atoms with Gasteiger partial charge < -0.3 is 10.1 Å². The zero-order chi connectivity index (χ0) is 19.1. The van der Waals surface area contributed by atoms with Crippen molar-refractivity contribution < 1.29 is 19.1 Å². The number of thioether (sulfide) groups is 1. The molecule has 0 fully saturated rings. The second kappa shape index (κ2) is 9.30. The summed E-state index contributed by atoms with van der Waals surface area (Å²) in [5, 5.41) is 12.2. The molecule has 0 saturated heterocycles. The molecular weight excluding hydrogens is 376 g/mol. The number of amides is 2. The summed E-state index contributed by atoms with van der Waals surface area (Å²) in [6.45, 7) is 5.11. The second-order valence-electron chi connectivity index (χ2n) is 5.18. The molecule has 0 spiro atoms. The first-order valence-corrected chi connectivity index (χ1v) is 9.40. The Bertz CT molecular complexity index is 792. The van der Waals surface area contributed by atoms with E-state index < -0.39 is 17.3 Å². The van der Waals surface area contributed by atoms with Crippen molar-refractivity contribution in [2.75, 3.05) is 17.2 Å². The van der Waals surface area contributed by atoms with E-state index >= 15 is 0 Å². The van der Waals surface area contributed by atoms with Crippen LogP contribution < -0.4 is 10.6 Å². The highest BCUT2D eigenvalue weighted by molar-refractivity contribution is 8.03. The van der Waals surface area contributed by atoms with E-state index in [1.54, 1.807) is 19.1 Å². The summed E-state index contributed by atoms with van der Waals surface area (Å²) in [5.41, 5.74) is 1.73. The maximum Gasteiger partial charge on any atom is 0.327 e. The molecule has 2 aromatic rings. The van der Waals surface area contributed by atoms with E-state index in [0.29, 0.717) is 10.0 Å². The fourth-order valence-electron chi connectivity index (χ4n) is 1.82. The Morgan fingerprint density at radius 1 is 1.19 bits per heavy atom. The summed E-state index contributed by atoms with van der Waals surface area (Å²) < 4.78 is 5.26. The molecule has 2 rings (SSSR count). The van der Waals surface area contributed by atoms with E-state index in [0.717, 1.165) is 28.7 Å². The van der Waals surface area contributed by atoms with E-state index in [2.05, 4.69) is 20.8 Å². The zero-order valence-electron chi connectivity index (χ0n) is 14.4. The SMILES string of the molecule is CCOC(=O)[C@@H](Sc1nnc(NC(=O)Nc2ccc(C)cc2)s1)C(C)=O. The Hall–Kier alpha value is -2.46. The Morgan fingerprint density at radius 2 is 1.88 bits per heavy atom. The van der Waals surface area contributed by atoms with E-state index in [4.69, 9.17) is 4.74 Å². The number of urea groups is 1. The van der Waals surface area contributed by atoms with Crippen LogP contribution in [0.15, 0.2) is 28.6 Å². The molecule has 138 valence electrons. The van der Waals surface area contributed by atoms with Crippen molar-refractivity contribution in [1.82, 2.24) is 10.2 Å². The molecule has 0 radical (unpaired) electrons. The maximum absolute atomic E-state index is 12.0. The lowest BCUT2D eigenvalue weighted by atomic mass is 10.2. The van der Waals surface area contributed by atoms with Gasteiger partial charge in [-0.1, -0.05) is 40.8 Å². The Balaban J connectivity index is 1.95. The second-order valence-corrected chi connectivity index (χ2v) is 7.51. The summed E-state index contributed by atoms with van der Waals surface area (Å²) in [6.07, 6.45) is 0. The number of benzene rings is 1. The number of rotatable bonds is 7. The van der Waals surface area contributed by atoms with E-state index in [-0.39, 0.29) is 17.5 Å². The van der Waals surface area contributed by atoms with Gasteiger partial charge in [0.25, 0.3) is 0 Å². The normalized spacial score (nSPS) is 11.5. The van der Waals surface area contributed by atoms with Crippen molar-refractivity contribution in [3.05, 3.63) is 29.8 Å². The molecule has 0 bridgehead atoms. The van der Waals surface area contributed by atoms with Crippen LogP contribution in [-0.4, -0.2) is 39.8 Å². The Labute approximate surface area is 158 Å². The minimum Gasteiger partial charge on any atom is -0.465 e. The third kappa shape index (κ3) is 5.81. The van der Waals surface area contributed by atoms with E-state index in [1.165, 1.54) is 6.92 Å². The van der Waals surface area contributed by atoms with Crippen LogP contribution in [0.4, 0.5) is 15.6 Å². The van der Waals surface area contributed by atoms with Crippen molar-refractivity contribution in [2.24, 2.45) is 0 Å². The molecule has 1 aromatic carbocycles. The van der Waals surface area contributed by atoms with Gasteiger partial charge in [0.2, 0.25) is 5.13 Å². The van der Waals surface area contributed by atoms with Gasteiger partial charge in [-0.3, -0.25) is 14.9 Å². The van der Waals surface area contributed by atoms with Crippen LogP contribution in [0, 0.1) is 6.92 Å². The molecular formula is C16H18N4O4S2. The molecule has 0 unspecified atom stereocenters. The number of anilines is 2. The summed E-state index contributed by atoms with van der Waals surface area (Å²) in [6, 6.07) is 6.87. The van der Waals surface area contributed by atoms with Crippen LogP contribution in [0.3, 0.4) is 0 Å². The van der Waals surface area contributed by atoms with Crippen LogP contribution in [0.25, 0.3) is 0 Å². The molecule has 1 atom stereocenters. The highest BCUT2D eigenvalue weighted by Gasteiger charge is 2.27. The van der Waals surface area contributed by atoms with Gasteiger partial charge in [0.15, 0.2) is 15.4 Å². The van der Waals surface area contributed by atoms with Gasteiger partial charge in [-0.15, -0.1) is 10.2 Å². The van der Waals surface area contributed by atoms with Gasteiger partial charge in [-0.25, -0.2) is 4.79 Å². The van der Waals surface area contributed by atoms with E-state index in [1.807, 2.05) is 19.1 Å². The number of aromatic nitrogens is 2. The van der Waals surface area contributed by atoms with Gasteiger partial charge in [0, 0.05) is 5.69 Å². The standard InChI is InChI=1S/C16H18N4O4S2/c1-4-24-13(22)12(10(3)21)25-16-20-19-15(26-16)18-14(23)17-11-7-5-9(2)6-8-11/h5-8,12H,4H2,1-3H3,(H2,17,18,19,23)/t12-/m0/s1. The molecule has 1 heterocycles. The lowest BCUT2D eigenvalue weighted by Gasteiger charge is -2.09. The number of ether oxygens (including phenoxy) is 1. The van der Waals surface area contributed by atoms with Crippen molar-refractivity contribution in [1.29, 1.82) is 0 Å². The monoisotopic (exact) mass is 394 g/mol. The molecule has 0 aliphatic rings. The van der Waals surface area contributed by atoms with Crippen LogP contribution >= 0.6 is 23.1 Å². The number of Topliss-reactive ketones (excluding diaryl/α,β-unsaturated/α-hetero) is 1. The van der Waals surface area contributed by atoms with Crippen LogP contribution in [0.1, 0.15) is 19.4 Å². The smallest absolute Gasteiger partial charge is 0.327 e. The summed E-state index contributed by atoms with van der Waals surface area (Å²) >= 11 is 2.01. The van der Waals surface area contributed by atoms with Crippen LogP contribution in [0.5, 0.6) is 0 Å². The highest BCUT2D eigenvalue weighted by Crippen LogP contribution is 2.30. The minimum absolute atomic E-state index is 0.186. The number of hydrogen-bond acceptors (Lipinski definition) is 8. The molecule has 10 heteroatoms. The Kier molecular flexibility index (Phi) is 7.10. The first-order chi connectivity index (χ1) is 12.4. The number of carbonyl (C=O) groups is 3. The summed E-state index contributed by atoms with van der Waals surface area (Å²) in [5.74, 6) is -0.956. The fourth-order valence-corrected chi connectivity index (χ4v) is 3.63. The number of aryl methyl sites for hydroxylation is 1. The zero-order valence-corrected chi connectivity index (χ0v) is 16.1. The van der Waals surface area contributed by atoms with Crippen molar-refractivity contribution in [2.45, 2.75) is 30.4 Å². The lowest BCUT2D eigenvalue weighted by Crippen LogP contribution is -2.27. The molecule has 0 saturated carbocycles. The highest BCUT2D eigenvalue weighted by atomic mass is 32.2. The van der Waals surface area contributed by atoms with Gasteiger partial charge in [0.1, 0.15) is 0 Å². The van der Waals surface area contributed by atoms with Gasteiger partial charge in [0.05, 0.1) is 6.61 Å². The molecule has 2 N–H and O–H groups in total. The molecule has 8 nitrogen and oxygen atoms in total. The van der Waals surface area contributed by atoms with Gasteiger partial charge in [-0.2, -0.15) is 0 Å². The number of nitrogens with one attached hydrogen (secondary N) is 2. The predicted octanol–water partition coefficient (Wildman–Crippen LogP) is 3.10. The molecule has 1 aromatic heterocycles. The first-order valence-electron chi connectivity index (χ1n) is 7.71. The quantitative estimate of drug-likeness (QED) is 0.321. The topological polar surface area (TPSA) is 110 Å². The van der Waals surface area contributed by atoms with Crippen molar-refractivity contribution in [3.8, 4) is 0 Å². The average Bonchev–Trinajstić information content (AvgIpc) is 3.01. The third-order valence-corrected chi connectivity index (χ3v) is 5.24. The maximum atomic E-state index is 12.0. The fraction of sp³-hybridized carbons (Fsp3) is 0.312. The third-order valence-electron chi connectivity index (χ3n) is 3.02. The molecule has 0 aliphatic heterocycles. The molecule has 26 heavy (non-hydrogen) atoms. The van der Waals surface area contributed by atoms with Gasteiger partial charge >= 0.3 is 12.0 Å². The van der Waals surface area contributed by atoms with Crippen molar-refractivity contribution in [3.63, 3.8) is 0 Å². The van der Waals surface area contributed by atoms with Gasteiger partial charge in [-0.05, 0) is 32.9 Å². The number of ketones is 1. The summed E-state index contributed by atoms with van der Waals surface area (Å²) in [7, 11) is 0. The Morgan fingerprint density at radius 3 is 2.50 bits per heavy atom. The summed E-state index contributed by atoms with van der Waals surface area (Å²) in [4.78, 5) is 35.4. The number of nitrogens with zero attached hydrogens (tertiary/aromatic N) is 2.